The van der Waals surface area contributed by atoms with Crippen molar-refractivity contribution in [2.24, 2.45) is 5.92 Å². The summed E-state index contributed by atoms with van der Waals surface area (Å²) in [7, 11) is -3.73. The monoisotopic (exact) mass is 397 g/mol. The fourth-order valence-corrected chi connectivity index (χ4v) is 4.35. The highest BCUT2D eigenvalue weighted by molar-refractivity contribution is 7.89. The van der Waals surface area contributed by atoms with Gasteiger partial charge in [0.15, 0.2) is 0 Å². The molecule has 3 rings (SSSR count). The Labute approximate surface area is 151 Å². The lowest BCUT2D eigenvalue weighted by molar-refractivity contribution is -0.138. The lowest BCUT2D eigenvalue weighted by atomic mass is 10.0. The van der Waals surface area contributed by atoms with Gasteiger partial charge in [-0.2, -0.15) is 4.31 Å². The van der Waals surface area contributed by atoms with Gasteiger partial charge in [0, 0.05) is 39.3 Å². The molecule has 2 saturated heterocycles. The molecule has 1 N–H and O–H groups in total. The molecule has 0 saturated carbocycles. The Balaban J connectivity index is 0.00000208. The Morgan fingerprint density at radius 3 is 2.33 bits per heavy atom. The maximum atomic E-state index is 13.2. The van der Waals surface area contributed by atoms with Crippen LogP contribution in [0.2, 0.25) is 5.02 Å². The van der Waals surface area contributed by atoms with E-state index in [2.05, 4.69) is 5.32 Å². The first-order valence-electron chi connectivity index (χ1n) is 7.34. The lowest BCUT2D eigenvalue weighted by Gasteiger charge is -2.37. The molecule has 2 aliphatic heterocycles. The number of sulfonamides is 1. The standard InChI is InChI=1S/C14H17ClFN3O3S.ClH/c15-12-7-11(1-2-13(12)16)23(21,22)19-5-3-18(4-6-19)14(20)10-8-17-9-10;/h1-2,7,10,17H,3-6,8-9H2;1H. The zero-order valence-electron chi connectivity index (χ0n) is 12.7. The van der Waals surface area contributed by atoms with Crippen LogP contribution >= 0.6 is 24.0 Å². The van der Waals surface area contributed by atoms with E-state index in [1.54, 1.807) is 4.90 Å². The number of rotatable bonds is 3. The Kier molecular flexibility index (Phi) is 6.09. The Bertz CT molecular complexity index is 720. The number of amides is 1. The van der Waals surface area contributed by atoms with Crippen molar-refractivity contribution < 1.29 is 17.6 Å². The molecule has 1 aromatic rings. The summed E-state index contributed by atoms with van der Waals surface area (Å²) in [4.78, 5) is 13.8. The van der Waals surface area contributed by atoms with Gasteiger partial charge in [-0.05, 0) is 18.2 Å². The van der Waals surface area contributed by atoms with E-state index >= 15 is 0 Å². The van der Waals surface area contributed by atoms with Gasteiger partial charge in [-0.1, -0.05) is 11.6 Å². The van der Waals surface area contributed by atoms with E-state index in [-0.39, 0.29) is 47.2 Å². The van der Waals surface area contributed by atoms with E-state index in [0.29, 0.717) is 26.2 Å². The Hall–Kier alpha value is -0.930. The average Bonchev–Trinajstić information content (AvgIpc) is 2.48. The smallest absolute Gasteiger partial charge is 0.243 e. The predicted octanol–water partition coefficient (Wildman–Crippen LogP) is 0.953. The minimum Gasteiger partial charge on any atom is -0.340 e. The molecule has 2 aliphatic rings. The van der Waals surface area contributed by atoms with Gasteiger partial charge in [0.1, 0.15) is 5.82 Å². The average molecular weight is 398 g/mol. The maximum Gasteiger partial charge on any atom is 0.243 e. The first-order valence-corrected chi connectivity index (χ1v) is 9.16. The second kappa shape index (κ2) is 7.53. The summed E-state index contributed by atoms with van der Waals surface area (Å²) in [6.45, 7) is 2.55. The van der Waals surface area contributed by atoms with Crippen LogP contribution in [0.25, 0.3) is 0 Å². The molecule has 2 fully saturated rings. The normalized spacial score (nSPS) is 19.5. The molecule has 24 heavy (non-hydrogen) atoms. The molecule has 0 bridgehead atoms. The van der Waals surface area contributed by atoms with Gasteiger partial charge in [0.25, 0.3) is 0 Å². The molecular formula is C14H18Cl2FN3O3S. The van der Waals surface area contributed by atoms with Crippen molar-refractivity contribution in [3.05, 3.63) is 29.0 Å². The molecule has 134 valence electrons. The zero-order chi connectivity index (χ0) is 16.6. The number of nitrogens with zero attached hydrogens (tertiary/aromatic N) is 2. The summed E-state index contributed by atoms with van der Waals surface area (Å²) in [6.07, 6.45) is 0. The van der Waals surface area contributed by atoms with Crippen LogP contribution in [0, 0.1) is 11.7 Å². The molecule has 0 spiro atoms. The van der Waals surface area contributed by atoms with Crippen molar-refractivity contribution in [1.29, 1.82) is 0 Å². The van der Waals surface area contributed by atoms with Crippen molar-refractivity contribution in [2.75, 3.05) is 39.3 Å². The summed E-state index contributed by atoms with van der Waals surface area (Å²) >= 11 is 5.66. The lowest BCUT2D eigenvalue weighted by Crippen LogP contribution is -2.57. The van der Waals surface area contributed by atoms with Gasteiger partial charge in [0.2, 0.25) is 15.9 Å². The number of carbonyl (C=O) groups excluding carboxylic acids is 1. The molecule has 0 unspecified atom stereocenters. The molecule has 0 radical (unpaired) electrons. The summed E-state index contributed by atoms with van der Waals surface area (Å²) in [5.74, 6) is -0.574. The summed E-state index contributed by atoms with van der Waals surface area (Å²) in [5, 5.41) is 2.82. The van der Waals surface area contributed by atoms with Gasteiger partial charge < -0.3 is 10.2 Å². The quantitative estimate of drug-likeness (QED) is 0.824. The van der Waals surface area contributed by atoms with Gasteiger partial charge in [-0.15, -0.1) is 12.4 Å². The number of piperazine rings is 1. The number of nitrogens with one attached hydrogen (secondary N) is 1. The van der Waals surface area contributed by atoms with Crippen LogP contribution in [-0.4, -0.2) is 62.8 Å². The third-order valence-corrected chi connectivity index (χ3v) is 6.39. The maximum absolute atomic E-state index is 13.2. The SMILES string of the molecule is Cl.O=C(C1CNC1)N1CCN(S(=O)(=O)c2ccc(F)c(Cl)c2)CC1. The van der Waals surface area contributed by atoms with Crippen molar-refractivity contribution >= 4 is 39.9 Å². The van der Waals surface area contributed by atoms with Crippen molar-refractivity contribution in [1.82, 2.24) is 14.5 Å². The van der Waals surface area contributed by atoms with E-state index in [0.717, 1.165) is 12.1 Å². The van der Waals surface area contributed by atoms with Crippen LogP contribution in [0.1, 0.15) is 0 Å². The van der Waals surface area contributed by atoms with Crippen molar-refractivity contribution in [3.63, 3.8) is 0 Å². The summed E-state index contributed by atoms with van der Waals surface area (Å²) in [5.41, 5.74) is 0. The van der Waals surface area contributed by atoms with E-state index in [1.165, 1.54) is 10.4 Å². The number of carbonyl (C=O) groups is 1. The number of hydrogen-bond donors (Lipinski definition) is 1. The second-order valence-corrected chi connectivity index (χ2v) is 8.01. The van der Waals surface area contributed by atoms with Crippen LogP contribution in [0.3, 0.4) is 0 Å². The minimum atomic E-state index is -3.73. The van der Waals surface area contributed by atoms with Crippen molar-refractivity contribution in [3.8, 4) is 0 Å². The molecule has 0 aliphatic carbocycles. The highest BCUT2D eigenvalue weighted by Gasteiger charge is 2.34. The largest absolute Gasteiger partial charge is 0.340 e. The van der Waals surface area contributed by atoms with Crippen molar-refractivity contribution in [2.45, 2.75) is 4.90 Å². The number of benzene rings is 1. The molecule has 10 heteroatoms. The summed E-state index contributed by atoms with van der Waals surface area (Å²) in [6, 6.07) is 3.36. The van der Waals surface area contributed by atoms with Crippen LogP contribution in [-0.2, 0) is 14.8 Å². The minimum absolute atomic E-state index is 0. The molecule has 2 heterocycles. The van der Waals surface area contributed by atoms with Crippen LogP contribution < -0.4 is 5.32 Å². The molecule has 6 nitrogen and oxygen atoms in total. The molecule has 0 aromatic heterocycles. The highest BCUT2D eigenvalue weighted by Crippen LogP contribution is 2.23. The fourth-order valence-electron chi connectivity index (χ4n) is 2.66. The number of halogens is 3. The Morgan fingerprint density at radius 2 is 1.83 bits per heavy atom. The first kappa shape index (κ1) is 19.4. The molecule has 0 atom stereocenters. The van der Waals surface area contributed by atoms with E-state index in [9.17, 15) is 17.6 Å². The molecule has 1 aromatic carbocycles. The topological polar surface area (TPSA) is 69.7 Å². The van der Waals surface area contributed by atoms with Gasteiger partial charge in [0.05, 0.1) is 15.8 Å². The van der Waals surface area contributed by atoms with E-state index in [1.807, 2.05) is 0 Å². The second-order valence-electron chi connectivity index (χ2n) is 5.66. The fraction of sp³-hybridized carbons (Fsp3) is 0.500. The zero-order valence-corrected chi connectivity index (χ0v) is 15.1. The van der Waals surface area contributed by atoms with Gasteiger partial charge in [-0.3, -0.25) is 4.79 Å². The van der Waals surface area contributed by atoms with Crippen LogP contribution in [0.15, 0.2) is 23.1 Å². The Morgan fingerprint density at radius 1 is 1.21 bits per heavy atom. The third kappa shape index (κ3) is 3.67. The van der Waals surface area contributed by atoms with Gasteiger partial charge in [-0.25, -0.2) is 12.8 Å². The summed E-state index contributed by atoms with van der Waals surface area (Å²) < 4.78 is 39.6. The highest BCUT2D eigenvalue weighted by atomic mass is 35.5. The molecular weight excluding hydrogens is 380 g/mol. The van der Waals surface area contributed by atoms with Crippen LogP contribution in [0.4, 0.5) is 4.39 Å². The van der Waals surface area contributed by atoms with Gasteiger partial charge >= 0.3 is 0 Å². The van der Waals surface area contributed by atoms with E-state index in [4.69, 9.17) is 11.6 Å². The predicted molar refractivity (Wildman–Crippen MR) is 90.4 cm³/mol. The number of hydrogen-bond acceptors (Lipinski definition) is 4. The van der Waals surface area contributed by atoms with Crippen LogP contribution in [0.5, 0.6) is 0 Å². The first-order chi connectivity index (χ1) is 10.9. The molecule has 1 amide bonds. The van der Waals surface area contributed by atoms with E-state index < -0.39 is 15.8 Å². The third-order valence-electron chi connectivity index (χ3n) is 4.21.